The highest BCUT2D eigenvalue weighted by atomic mass is 19.4. The lowest BCUT2D eigenvalue weighted by Gasteiger charge is -2.43. The van der Waals surface area contributed by atoms with E-state index in [1.54, 1.807) is 24.6 Å². The third-order valence-corrected chi connectivity index (χ3v) is 8.93. The van der Waals surface area contributed by atoms with E-state index in [4.69, 9.17) is 0 Å². The molecule has 44 heavy (non-hydrogen) atoms. The number of aromatic nitrogens is 5. The summed E-state index contributed by atoms with van der Waals surface area (Å²) in [5, 5.41) is 16.1. The maximum atomic E-state index is 13.2. The minimum Gasteiger partial charge on any atom is -0.352 e. The Labute approximate surface area is 256 Å². The average molecular weight is 608 g/mol. The average Bonchev–Trinajstić information content (AvgIpc) is 3.57. The van der Waals surface area contributed by atoms with Crippen LogP contribution in [0, 0.1) is 25.2 Å². The van der Waals surface area contributed by atoms with E-state index in [2.05, 4.69) is 46.4 Å². The fourth-order valence-electron chi connectivity index (χ4n) is 5.81. The Morgan fingerprint density at radius 1 is 1.09 bits per heavy atom. The molecule has 1 amide bonds. The molecule has 0 spiro atoms. The van der Waals surface area contributed by atoms with Gasteiger partial charge >= 0.3 is 6.18 Å². The van der Waals surface area contributed by atoms with E-state index in [9.17, 15) is 18.0 Å². The number of amides is 1. The monoisotopic (exact) mass is 607 g/mol. The van der Waals surface area contributed by atoms with Gasteiger partial charge in [0.25, 0.3) is 0 Å². The van der Waals surface area contributed by atoms with Crippen molar-refractivity contribution in [1.29, 1.82) is 0 Å². The molecule has 0 radical (unpaired) electrons. The second-order valence-electron chi connectivity index (χ2n) is 12.6. The zero-order valence-corrected chi connectivity index (χ0v) is 25.9. The van der Waals surface area contributed by atoms with Crippen LogP contribution in [0.25, 0.3) is 11.4 Å². The highest BCUT2D eigenvalue weighted by Crippen LogP contribution is 2.34. The summed E-state index contributed by atoms with van der Waals surface area (Å²) < 4.78 is 42.9. The molecule has 3 heterocycles. The van der Waals surface area contributed by atoms with Gasteiger partial charge in [-0.2, -0.15) is 18.3 Å². The van der Waals surface area contributed by atoms with E-state index >= 15 is 0 Å². The van der Waals surface area contributed by atoms with Crippen LogP contribution in [-0.4, -0.2) is 55.2 Å². The Morgan fingerprint density at radius 2 is 1.84 bits per heavy atom. The van der Waals surface area contributed by atoms with Crippen LogP contribution in [0.3, 0.4) is 0 Å². The first-order valence-corrected chi connectivity index (χ1v) is 15.0. The molecule has 234 valence electrons. The van der Waals surface area contributed by atoms with Crippen LogP contribution < -0.4 is 5.32 Å². The minimum atomic E-state index is -4.45. The maximum absolute atomic E-state index is 13.2. The van der Waals surface area contributed by atoms with Gasteiger partial charge in [-0.15, -0.1) is 5.10 Å². The number of carbonyl (C=O) groups excluding carboxylic acids is 1. The van der Waals surface area contributed by atoms with Gasteiger partial charge in [0, 0.05) is 37.3 Å². The first-order chi connectivity index (χ1) is 20.8. The van der Waals surface area contributed by atoms with E-state index in [-0.39, 0.29) is 12.3 Å². The standard InChI is InChI=1S/C33H40F3N7O/c1-22-12-14-41(21-32(22,4)5)15-13-27-20-42(40-38-27)28-10-6-8-25(16-28)19-37-31(44)18-30-23(2)39-43(24(30)3)29-11-7-9-26(17-29)33(34,35)36/h6-11,16-17,20,22H,12-15,18-19,21H2,1-5H3,(H,37,44). The first kappa shape index (κ1) is 31.4. The second-order valence-corrected chi connectivity index (χ2v) is 12.6. The van der Waals surface area contributed by atoms with E-state index in [0.29, 0.717) is 34.6 Å². The molecule has 1 atom stereocenters. The number of aryl methyl sites for hydroxylation is 1. The molecular weight excluding hydrogens is 567 g/mol. The number of halogens is 3. The molecule has 0 aliphatic carbocycles. The number of rotatable bonds is 9. The molecule has 1 saturated heterocycles. The SMILES string of the molecule is Cc1nn(-c2cccc(C(F)(F)F)c2)c(C)c1CC(=O)NCc1cccc(-n2cc(CCN3CCC(C)C(C)(C)C3)nn2)c1. The van der Waals surface area contributed by atoms with Crippen LogP contribution in [0.1, 0.15) is 61.0 Å². The van der Waals surface area contributed by atoms with Gasteiger partial charge in [0.15, 0.2) is 0 Å². The van der Waals surface area contributed by atoms with Gasteiger partial charge in [-0.25, -0.2) is 9.36 Å². The van der Waals surface area contributed by atoms with Crippen molar-refractivity contribution in [3.8, 4) is 11.4 Å². The molecule has 1 fully saturated rings. The summed E-state index contributed by atoms with van der Waals surface area (Å²) in [6, 6.07) is 12.8. The van der Waals surface area contributed by atoms with E-state index < -0.39 is 11.7 Å². The Hall–Kier alpha value is -3.99. The van der Waals surface area contributed by atoms with Crippen molar-refractivity contribution in [2.24, 2.45) is 11.3 Å². The van der Waals surface area contributed by atoms with Gasteiger partial charge in [0.1, 0.15) is 0 Å². The highest BCUT2D eigenvalue weighted by molar-refractivity contribution is 5.79. The number of alkyl halides is 3. The molecule has 1 N–H and O–H groups in total. The highest BCUT2D eigenvalue weighted by Gasteiger charge is 2.33. The fraction of sp³-hybridized carbons (Fsp3) is 0.455. The Bertz CT molecular complexity index is 1620. The van der Waals surface area contributed by atoms with Crippen LogP contribution in [0.4, 0.5) is 13.2 Å². The summed E-state index contributed by atoms with van der Waals surface area (Å²) in [6.07, 6.45) is -0.375. The Kier molecular flexibility index (Phi) is 8.97. The lowest BCUT2D eigenvalue weighted by atomic mass is 9.75. The van der Waals surface area contributed by atoms with Gasteiger partial charge < -0.3 is 10.2 Å². The van der Waals surface area contributed by atoms with Crippen LogP contribution in [0.2, 0.25) is 0 Å². The molecule has 2 aromatic heterocycles. The molecule has 4 aromatic rings. The van der Waals surface area contributed by atoms with Crippen LogP contribution in [-0.2, 0) is 30.4 Å². The zero-order chi connectivity index (χ0) is 31.6. The predicted octanol–water partition coefficient (Wildman–Crippen LogP) is 5.86. The van der Waals surface area contributed by atoms with Gasteiger partial charge in [-0.1, -0.05) is 44.2 Å². The minimum absolute atomic E-state index is 0.0653. The van der Waals surface area contributed by atoms with Gasteiger partial charge in [-0.05, 0) is 74.0 Å². The molecule has 2 aromatic carbocycles. The van der Waals surface area contributed by atoms with Crippen molar-refractivity contribution in [2.45, 2.75) is 66.6 Å². The summed E-state index contributed by atoms with van der Waals surface area (Å²) in [5.74, 6) is 0.519. The van der Waals surface area contributed by atoms with Crippen molar-refractivity contribution >= 4 is 5.91 Å². The third kappa shape index (κ3) is 7.20. The number of carbonyl (C=O) groups is 1. The lowest BCUT2D eigenvalue weighted by Crippen LogP contribution is -2.45. The number of piperidine rings is 1. The Balaban J connectivity index is 1.18. The van der Waals surface area contributed by atoms with Crippen LogP contribution in [0.5, 0.6) is 0 Å². The summed E-state index contributed by atoms with van der Waals surface area (Å²) in [7, 11) is 0. The summed E-state index contributed by atoms with van der Waals surface area (Å²) in [4.78, 5) is 15.4. The molecule has 0 saturated carbocycles. The number of nitrogens with one attached hydrogen (secondary N) is 1. The first-order valence-electron chi connectivity index (χ1n) is 15.0. The molecular formula is C33H40F3N7O. The maximum Gasteiger partial charge on any atom is 0.416 e. The zero-order valence-electron chi connectivity index (χ0n) is 25.9. The quantitative estimate of drug-likeness (QED) is 0.258. The normalized spacial score (nSPS) is 17.1. The molecule has 8 nitrogen and oxygen atoms in total. The molecule has 1 aliphatic heterocycles. The fourth-order valence-corrected chi connectivity index (χ4v) is 5.81. The molecule has 11 heteroatoms. The number of hydrogen-bond donors (Lipinski definition) is 1. The molecule has 1 aliphatic rings. The number of benzene rings is 2. The number of hydrogen-bond acceptors (Lipinski definition) is 5. The van der Waals surface area contributed by atoms with Gasteiger partial charge in [0.05, 0.1) is 40.9 Å². The van der Waals surface area contributed by atoms with Crippen molar-refractivity contribution in [3.05, 3.63) is 88.5 Å². The van der Waals surface area contributed by atoms with Crippen molar-refractivity contribution < 1.29 is 18.0 Å². The van der Waals surface area contributed by atoms with E-state index in [1.165, 1.54) is 17.2 Å². The van der Waals surface area contributed by atoms with Crippen molar-refractivity contribution in [2.75, 3.05) is 19.6 Å². The largest absolute Gasteiger partial charge is 0.416 e. The van der Waals surface area contributed by atoms with Crippen molar-refractivity contribution in [3.63, 3.8) is 0 Å². The topological polar surface area (TPSA) is 80.9 Å². The lowest BCUT2D eigenvalue weighted by molar-refractivity contribution is -0.137. The smallest absolute Gasteiger partial charge is 0.352 e. The molecule has 1 unspecified atom stereocenters. The van der Waals surface area contributed by atoms with E-state index in [1.807, 2.05) is 30.5 Å². The van der Waals surface area contributed by atoms with E-state index in [0.717, 1.165) is 61.1 Å². The van der Waals surface area contributed by atoms with Crippen LogP contribution in [0.15, 0.2) is 54.7 Å². The van der Waals surface area contributed by atoms with Crippen molar-refractivity contribution in [1.82, 2.24) is 35.0 Å². The second kappa shape index (κ2) is 12.6. The predicted molar refractivity (Wildman–Crippen MR) is 163 cm³/mol. The molecule has 5 rings (SSSR count). The summed E-state index contributed by atoms with van der Waals surface area (Å²) in [6.45, 7) is 14.0. The summed E-state index contributed by atoms with van der Waals surface area (Å²) in [5.41, 5.74) is 4.48. The van der Waals surface area contributed by atoms with Crippen LogP contribution >= 0.6 is 0 Å². The van der Waals surface area contributed by atoms with Gasteiger partial charge in [0.2, 0.25) is 5.91 Å². The van der Waals surface area contributed by atoms with Gasteiger partial charge in [-0.3, -0.25) is 4.79 Å². The summed E-state index contributed by atoms with van der Waals surface area (Å²) >= 11 is 0. The number of nitrogens with zero attached hydrogens (tertiary/aromatic N) is 6. The third-order valence-electron chi connectivity index (χ3n) is 8.93. The molecule has 0 bridgehead atoms. The number of likely N-dealkylation sites (tertiary alicyclic amines) is 1. The Morgan fingerprint density at radius 3 is 2.59 bits per heavy atom.